The molecule has 2 rings (SSSR count). The van der Waals surface area contributed by atoms with E-state index in [1.165, 1.54) is 0 Å². The van der Waals surface area contributed by atoms with Gasteiger partial charge in [0.05, 0.1) is 24.3 Å². The molecule has 0 spiro atoms. The summed E-state index contributed by atoms with van der Waals surface area (Å²) in [6, 6.07) is 4.24. The summed E-state index contributed by atoms with van der Waals surface area (Å²) in [5.41, 5.74) is -4.62. The number of halogens is 8. The van der Waals surface area contributed by atoms with Crippen LogP contribution < -0.4 is 0 Å². The zero-order chi connectivity index (χ0) is 21.1. The Morgan fingerprint density at radius 1 is 0.714 bits per heavy atom. The van der Waals surface area contributed by atoms with Gasteiger partial charge in [0.1, 0.15) is 11.6 Å². The van der Waals surface area contributed by atoms with Crippen molar-refractivity contribution in [1.82, 2.24) is 0 Å². The summed E-state index contributed by atoms with van der Waals surface area (Å²) in [5, 5.41) is 0. The van der Waals surface area contributed by atoms with E-state index in [1.54, 1.807) is 0 Å². The Bertz CT molecular complexity index is 794. The summed E-state index contributed by atoms with van der Waals surface area (Å²) >= 11 is 0. The third-order valence-electron chi connectivity index (χ3n) is 3.52. The van der Waals surface area contributed by atoms with Gasteiger partial charge in [-0.15, -0.1) is 0 Å². The number of benzene rings is 2. The van der Waals surface area contributed by atoms with E-state index in [4.69, 9.17) is 0 Å². The van der Waals surface area contributed by atoms with Crippen molar-refractivity contribution in [2.45, 2.75) is 25.6 Å². The molecule has 0 amide bonds. The third kappa shape index (κ3) is 5.52. The molecule has 0 aliphatic rings. The average Bonchev–Trinajstić information content (AvgIpc) is 2.57. The highest BCUT2D eigenvalue weighted by Crippen LogP contribution is 2.37. The molecule has 3 nitrogen and oxygen atoms in total. The zero-order valence-corrected chi connectivity index (χ0v) is 14.6. The van der Waals surface area contributed by atoms with Crippen LogP contribution in [-0.4, -0.2) is 0 Å². The van der Waals surface area contributed by atoms with Crippen molar-refractivity contribution >= 4 is 8.25 Å². The Balaban J connectivity index is 2.09. The summed E-state index contributed by atoms with van der Waals surface area (Å²) in [6.07, 6.45) is -9.82. The van der Waals surface area contributed by atoms with Gasteiger partial charge in [0.15, 0.2) is 0 Å². The molecular formula is C16H11F8O3P. The van der Waals surface area contributed by atoms with Crippen LogP contribution in [0.25, 0.3) is 0 Å². The van der Waals surface area contributed by atoms with Gasteiger partial charge in [-0.05, 0) is 24.3 Å². The SMILES string of the molecule is O=[PH](OCc1c(F)cccc1C(F)(F)F)OCc1c(F)cccc1C(F)(F)F. The van der Waals surface area contributed by atoms with Gasteiger partial charge in [0.25, 0.3) is 0 Å². The summed E-state index contributed by atoms with van der Waals surface area (Å²) in [7, 11) is -3.66. The second kappa shape index (κ2) is 8.59. The Hall–Kier alpha value is -1.97. The first-order chi connectivity index (χ1) is 12.9. The van der Waals surface area contributed by atoms with Gasteiger partial charge in [0.2, 0.25) is 0 Å². The molecule has 0 heterocycles. The van der Waals surface area contributed by atoms with Crippen molar-refractivity contribution < 1.29 is 48.7 Å². The molecule has 2 aromatic rings. The molecule has 0 aliphatic carbocycles. The maximum Gasteiger partial charge on any atom is 0.416 e. The highest BCUT2D eigenvalue weighted by atomic mass is 31.1. The number of hydrogen-bond acceptors (Lipinski definition) is 3. The first-order valence-corrected chi connectivity index (χ1v) is 8.62. The molecule has 12 heteroatoms. The van der Waals surface area contributed by atoms with E-state index in [1.807, 2.05) is 0 Å². The van der Waals surface area contributed by atoms with Crippen molar-refractivity contribution in [2.24, 2.45) is 0 Å². The van der Waals surface area contributed by atoms with E-state index in [-0.39, 0.29) is 0 Å². The Morgan fingerprint density at radius 3 is 1.39 bits per heavy atom. The molecule has 0 aliphatic heterocycles. The van der Waals surface area contributed by atoms with E-state index >= 15 is 0 Å². The van der Waals surface area contributed by atoms with Crippen LogP contribution in [0.3, 0.4) is 0 Å². The molecule has 0 unspecified atom stereocenters. The molecule has 28 heavy (non-hydrogen) atoms. The van der Waals surface area contributed by atoms with Crippen LogP contribution in [0.1, 0.15) is 22.3 Å². The zero-order valence-electron chi connectivity index (χ0n) is 13.6. The second-order valence-electron chi connectivity index (χ2n) is 5.35. The minimum atomic E-state index is -4.91. The van der Waals surface area contributed by atoms with Gasteiger partial charge < -0.3 is 9.05 Å². The van der Waals surface area contributed by atoms with E-state index in [0.717, 1.165) is 24.3 Å². The summed E-state index contributed by atoms with van der Waals surface area (Å²) in [4.78, 5) is 0. The quantitative estimate of drug-likeness (QED) is 0.406. The Labute approximate surface area is 153 Å². The van der Waals surface area contributed by atoms with Crippen LogP contribution in [0.2, 0.25) is 0 Å². The van der Waals surface area contributed by atoms with E-state index in [9.17, 15) is 39.7 Å². The highest BCUT2D eigenvalue weighted by molar-refractivity contribution is 7.33. The van der Waals surface area contributed by atoms with Crippen molar-refractivity contribution in [2.75, 3.05) is 0 Å². The van der Waals surface area contributed by atoms with Crippen LogP contribution >= 0.6 is 8.25 Å². The van der Waals surface area contributed by atoms with Crippen molar-refractivity contribution in [1.29, 1.82) is 0 Å². The first-order valence-electron chi connectivity index (χ1n) is 7.40. The number of hydrogen-bond donors (Lipinski definition) is 0. The average molecular weight is 434 g/mol. The maximum atomic E-state index is 13.6. The molecular weight excluding hydrogens is 423 g/mol. The molecule has 0 radical (unpaired) electrons. The minimum absolute atomic E-state index is 0.578. The van der Waals surface area contributed by atoms with Crippen molar-refractivity contribution in [3.63, 3.8) is 0 Å². The Morgan fingerprint density at radius 2 is 1.07 bits per heavy atom. The van der Waals surface area contributed by atoms with E-state index < -0.39 is 67.7 Å². The fourth-order valence-electron chi connectivity index (χ4n) is 2.25. The van der Waals surface area contributed by atoms with Crippen LogP contribution in [-0.2, 0) is 39.2 Å². The predicted molar refractivity (Wildman–Crippen MR) is 81.4 cm³/mol. The summed E-state index contributed by atoms with van der Waals surface area (Å²) in [6.45, 7) is -2.22. The van der Waals surface area contributed by atoms with E-state index in [2.05, 4.69) is 9.05 Å². The highest BCUT2D eigenvalue weighted by Gasteiger charge is 2.35. The lowest BCUT2D eigenvalue weighted by atomic mass is 10.1. The van der Waals surface area contributed by atoms with Crippen LogP contribution in [0, 0.1) is 11.6 Å². The molecule has 0 saturated heterocycles. The lowest BCUT2D eigenvalue weighted by Crippen LogP contribution is -2.12. The molecule has 2 aromatic carbocycles. The monoisotopic (exact) mass is 434 g/mol. The van der Waals surface area contributed by atoms with Crippen LogP contribution in [0.15, 0.2) is 36.4 Å². The van der Waals surface area contributed by atoms with Gasteiger partial charge in [-0.25, -0.2) is 8.78 Å². The lowest BCUT2D eigenvalue weighted by Gasteiger charge is -2.15. The first kappa shape index (κ1) is 22.3. The fourth-order valence-corrected chi connectivity index (χ4v) is 2.85. The van der Waals surface area contributed by atoms with Crippen molar-refractivity contribution in [3.05, 3.63) is 70.3 Å². The standard InChI is InChI=1S/C16H11F8O3P/c17-13-5-1-3-11(15(19,20)21)9(13)7-26-28(25)27-8-10-12(16(22,23)24)4-2-6-14(10)18/h1-6,28H,7-8H2. The maximum absolute atomic E-state index is 13.6. The molecule has 0 aromatic heterocycles. The minimum Gasteiger partial charge on any atom is -0.306 e. The molecule has 0 bridgehead atoms. The smallest absolute Gasteiger partial charge is 0.306 e. The molecule has 0 saturated carbocycles. The summed E-state index contributed by atoms with van der Waals surface area (Å²) < 4.78 is 125. The van der Waals surface area contributed by atoms with Crippen LogP contribution in [0.4, 0.5) is 35.1 Å². The largest absolute Gasteiger partial charge is 0.416 e. The van der Waals surface area contributed by atoms with Gasteiger partial charge in [-0.3, -0.25) is 4.57 Å². The summed E-state index contributed by atoms with van der Waals surface area (Å²) in [5.74, 6) is -2.56. The van der Waals surface area contributed by atoms with Crippen LogP contribution in [0.5, 0.6) is 0 Å². The molecule has 0 fully saturated rings. The predicted octanol–water partition coefficient (Wildman–Crippen LogP) is 6.13. The number of rotatable bonds is 6. The molecule has 0 atom stereocenters. The van der Waals surface area contributed by atoms with Gasteiger partial charge >= 0.3 is 20.6 Å². The van der Waals surface area contributed by atoms with E-state index in [0.29, 0.717) is 12.1 Å². The number of alkyl halides is 6. The van der Waals surface area contributed by atoms with Gasteiger partial charge in [0, 0.05) is 11.1 Å². The second-order valence-corrected chi connectivity index (χ2v) is 6.43. The Kier molecular flexibility index (Phi) is 6.84. The topological polar surface area (TPSA) is 35.5 Å². The lowest BCUT2D eigenvalue weighted by molar-refractivity contribution is -0.139. The molecule has 0 N–H and O–H groups in total. The van der Waals surface area contributed by atoms with Gasteiger partial charge in [-0.2, -0.15) is 26.3 Å². The van der Waals surface area contributed by atoms with Gasteiger partial charge in [-0.1, -0.05) is 12.1 Å². The van der Waals surface area contributed by atoms with Crippen molar-refractivity contribution in [3.8, 4) is 0 Å². The third-order valence-corrected chi connectivity index (χ3v) is 4.28. The normalized spacial score (nSPS) is 12.6. The fraction of sp³-hybridized carbons (Fsp3) is 0.250. The molecule has 154 valence electrons.